The highest BCUT2D eigenvalue weighted by Gasteiger charge is 2.03. The van der Waals surface area contributed by atoms with Crippen molar-refractivity contribution in [1.29, 1.82) is 0 Å². The maximum absolute atomic E-state index is 10.5. The zero-order chi connectivity index (χ0) is 14.4. The van der Waals surface area contributed by atoms with E-state index in [1.54, 1.807) is 23.5 Å². The number of nitro groups is 1. The van der Waals surface area contributed by atoms with Crippen LogP contribution in [0.2, 0.25) is 0 Å². The molecule has 0 aliphatic heterocycles. The van der Waals surface area contributed by atoms with Gasteiger partial charge in [0, 0.05) is 47.2 Å². The molecule has 0 atom stereocenters. The molecule has 0 aliphatic rings. The number of aryl methyl sites for hydroxylation is 1. The van der Waals surface area contributed by atoms with E-state index in [2.05, 4.69) is 29.7 Å². The molecule has 6 heteroatoms. The Labute approximate surface area is 121 Å². The molecule has 0 bridgehead atoms. The van der Waals surface area contributed by atoms with Crippen LogP contribution in [0.1, 0.15) is 9.75 Å². The molecule has 0 spiro atoms. The summed E-state index contributed by atoms with van der Waals surface area (Å²) in [7, 11) is 0. The molecule has 1 aromatic carbocycles. The fourth-order valence-corrected chi connectivity index (χ4v) is 2.65. The second-order valence-electron chi connectivity index (χ2n) is 4.42. The van der Waals surface area contributed by atoms with Crippen LogP contribution in [0.5, 0.6) is 0 Å². The number of anilines is 1. The Hall–Kier alpha value is -1.92. The Kier molecular flexibility index (Phi) is 5.09. The Morgan fingerprint density at radius 1 is 1.15 bits per heavy atom. The van der Waals surface area contributed by atoms with Gasteiger partial charge in [0.1, 0.15) is 0 Å². The molecule has 0 aliphatic carbocycles. The number of rotatable bonds is 7. The third kappa shape index (κ3) is 4.32. The maximum Gasteiger partial charge on any atom is 0.269 e. The van der Waals surface area contributed by atoms with Gasteiger partial charge in [0.05, 0.1) is 4.92 Å². The van der Waals surface area contributed by atoms with Gasteiger partial charge in [-0.25, -0.2) is 0 Å². The van der Waals surface area contributed by atoms with E-state index in [0.717, 1.165) is 25.3 Å². The summed E-state index contributed by atoms with van der Waals surface area (Å²) < 4.78 is 0. The zero-order valence-corrected chi connectivity index (χ0v) is 12.1. The quantitative estimate of drug-likeness (QED) is 0.467. The van der Waals surface area contributed by atoms with Crippen LogP contribution >= 0.6 is 11.3 Å². The molecule has 106 valence electrons. The molecule has 0 radical (unpaired) electrons. The number of hydrogen-bond donors (Lipinski definition) is 2. The van der Waals surface area contributed by atoms with Crippen LogP contribution in [0.3, 0.4) is 0 Å². The van der Waals surface area contributed by atoms with E-state index in [4.69, 9.17) is 0 Å². The summed E-state index contributed by atoms with van der Waals surface area (Å²) in [6, 6.07) is 10.7. The van der Waals surface area contributed by atoms with Crippen LogP contribution in [0.15, 0.2) is 36.4 Å². The van der Waals surface area contributed by atoms with Gasteiger partial charge in [0.15, 0.2) is 0 Å². The molecule has 5 nitrogen and oxygen atoms in total. The Balaban J connectivity index is 1.66. The fraction of sp³-hybridized carbons (Fsp3) is 0.286. The Morgan fingerprint density at radius 2 is 1.90 bits per heavy atom. The van der Waals surface area contributed by atoms with Crippen LogP contribution in [-0.2, 0) is 6.54 Å². The van der Waals surface area contributed by atoms with Gasteiger partial charge in [-0.15, -0.1) is 11.3 Å². The van der Waals surface area contributed by atoms with Crippen molar-refractivity contribution in [3.63, 3.8) is 0 Å². The van der Waals surface area contributed by atoms with Crippen molar-refractivity contribution in [3.8, 4) is 0 Å². The molecule has 0 fully saturated rings. The molecular formula is C14H17N3O2S. The molecule has 0 saturated carbocycles. The van der Waals surface area contributed by atoms with Crippen LogP contribution < -0.4 is 10.6 Å². The molecule has 2 rings (SSSR count). The first-order chi connectivity index (χ1) is 9.65. The molecule has 0 amide bonds. The van der Waals surface area contributed by atoms with Crippen molar-refractivity contribution >= 4 is 22.7 Å². The van der Waals surface area contributed by atoms with Crippen molar-refractivity contribution < 1.29 is 4.92 Å². The van der Waals surface area contributed by atoms with E-state index in [0.29, 0.717) is 0 Å². The van der Waals surface area contributed by atoms with Crippen LogP contribution in [0.25, 0.3) is 0 Å². The van der Waals surface area contributed by atoms with Crippen molar-refractivity contribution in [2.75, 3.05) is 18.4 Å². The van der Waals surface area contributed by atoms with Gasteiger partial charge in [0.25, 0.3) is 5.69 Å². The highest BCUT2D eigenvalue weighted by molar-refractivity contribution is 7.11. The summed E-state index contributed by atoms with van der Waals surface area (Å²) in [4.78, 5) is 12.8. The van der Waals surface area contributed by atoms with Gasteiger partial charge in [-0.2, -0.15) is 0 Å². The molecule has 20 heavy (non-hydrogen) atoms. The number of nitrogens with zero attached hydrogens (tertiary/aromatic N) is 1. The summed E-state index contributed by atoms with van der Waals surface area (Å²) in [5.41, 5.74) is 1.01. The first-order valence-corrected chi connectivity index (χ1v) is 7.21. The van der Waals surface area contributed by atoms with E-state index < -0.39 is 4.92 Å². The minimum absolute atomic E-state index is 0.113. The molecule has 0 saturated heterocycles. The van der Waals surface area contributed by atoms with Gasteiger partial charge in [-0.3, -0.25) is 10.1 Å². The van der Waals surface area contributed by atoms with E-state index in [9.17, 15) is 10.1 Å². The van der Waals surface area contributed by atoms with Crippen molar-refractivity contribution in [2.24, 2.45) is 0 Å². The third-order valence-corrected chi connectivity index (χ3v) is 3.80. The van der Waals surface area contributed by atoms with Gasteiger partial charge in [-0.1, -0.05) is 0 Å². The van der Waals surface area contributed by atoms with E-state index in [1.165, 1.54) is 21.9 Å². The standard InChI is InChI=1S/C14H17N3O2S/c1-11-2-7-14(20-11)10-15-8-9-16-12-3-5-13(6-4-12)17(18)19/h2-7,15-16H,8-10H2,1H3. The van der Waals surface area contributed by atoms with E-state index in [-0.39, 0.29) is 5.69 Å². The van der Waals surface area contributed by atoms with Gasteiger partial charge in [-0.05, 0) is 31.2 Å². The summed E-state index contributed by atoms with van der Waals surface area (Å²) in [6.07, 6.45) is 0. The topological polar surface area (TPSA) is 67.2 Å². The van der Waals surface area contributed by atoms with Crippen molar-refractivity contribution in [2.45, 2.75) is 13.5 Å². The predicted molar refractivity (Wildman–Crippen MR) is 82.3 cm³/mol. The minimum Gasteiger partial charge on any atom is -0.384 e. The molecule has 2 aromatic rings. The number of thiophene rings is 1. The average molecular weight is 291 g/mol. The van der Waals surface area contributed by atoms with E-state index in [1.807, 2.05) is 0 Å². The number of hydrogen-bond acceptors (Lipinski definition) is 5. The number of non-ortho nitro benzene ring substituents is 1. The van der Waals surface area contributed by atoms with Gasteiger partial charge >= 0.3 is 0 Å². The normalized spacial score (nSPS) is 10.4. The molecule has 0 unspecified atom stereocenters. The second kappa shape index (κ2) is 7.02. The van der Waals surface area contributed by atoms with Crippen molar-refractivity contribution in [1.82, 2.24) is 5.32 Å². The molecule has 1 aromatic heterocycles. The lowest BCUT2D eigenvalue weighted by Gasteiger charge is -2.07. The lowest BCUT2D eigenvalue weighted by atomic mass is 10.3. The van der Waals surface area contributed by atoms with E-state index >= 15 is 0 Å². The van der Waals surface area contributed by atoms with Gasteiger partial charge in [0.2, 0.25) is 0 Å². The largest absolute Gasteiger partial charge is 0.384 e. The molecular weight excluding hydrogens is 274 g/mol. The Morgan fingerprint density at radius 3 is 2.50 bits per heavy atom. The summed E-state index contributed by atoms with van der Waals surface area (Å²) >= 11 is 1.80. The maximum atomic E-state index is 10.5. The minimum atomic E-state index is -0.394. The predicted octanol–water partition coefficient (Wildman–Crippen LogP) is 3.17. The van der Waals surface area contributed by atoms with Crippen molar-refractivity contribution in [3.05, 3.63) is 56.3 Å². The molecule has 1 heterocycles. The Bertz CT molecular complexity index is 566. The molecule has 2 N–H and O–H groups in total. The number of nitrogens with one attached hydrogen (secondary N) is 2. The summed E-state index contributed by atoms with van der Waals surface area (Å²) in [6.45, 7) is 4.60. The number of nitro benzene ring substituents is 1. The summed E-state index contributed by atoms with van der Waals surface area (Å²) in [5, 5.41) is 17.1. The average Bonchev–Trinajstić information content (AvgIpc) is 2.84. The lowest BCUT2D eigenvalue weighted by Crippen LogP contribution is -2.21. The van der Waals surface area contributed by atoms with Crippen LogP contribution in [0.4, 0.5) is 11.4 Å². The lowest BCUT2D eigenvalue weighted by molar-refractivity contribution is -0.384. The first kappa shape index (κ1) is 14.5. The summed E-state index contributed by atoms with van der Waals surface area (Å²) in [5.74, 6) is 0. The second-order valence-corrected chi connectivity index (χ2v) is 5.79. The highest BCUT2D eigenvalue weighted by atomic mass is 32.1. The zero-order valence-electron chi connectivity index (χ0n) is 11.3. The highest BCUT2D eigenvalue weighted by Crippen LogP contribution is 2.15. The monoisotopic (exact) mass is 291 g/mol. The third-order valence-electron chi connectivity index (χ3n) is 2.80. The van der Waals surface area contributed by atoms with Gasteiger partial charge < -0.3 is 10.6 Å². The fourth-order valence-electron chi connectivity index (χ4n) is 1.79. The van der Waals surface area contributed by atoms with Crippen LogP contribution in [0, 0.1) is 17.0 Å². The number of benzene rings is 1. The van der Waals surface area contributed by atoms with Crippen LogP contribution in [-0.4, -0.2) is 18.0 Å². The SMILES string of the molecule is Cc1ccc(CNCCNc2ccc([N+](=O)[O-])cc2)s1. The smallest absolute Gasteiger partial charge is 0.269 e. The first-order valence-electron chi connectivity index (χ1n) is 6.39.